The number of carbonyl (C=O) groups is 2. The molecular formula is C22H21BrO3. The second-order valence-corrected chi connectivity index (χ2v) is 7.41. The molecule has 0 heterocycles. The predicted molar refractivity (Wildman–Crippen MR) is 106 cm³/mol. The molecule has 2 aromatic rings. The molecule has 1 aliphatic carbocycles. The number of hydrogen-bond acceptors (Lipinski definition) is 3. The molecule has 134 valence electrons. The van der Waals surface area contributed by atoms with E-state index < -0.39 is 0 Å². The molecule has 0 radical (unpaired) electrons. The largest absolute Gasteiger partial charge is 0.426 e. The lowest BCUT2D eigenvalue weighted by Crippen LogP contribution is -2.23. The van der Waals surface area contributed by atoms with Gasteiger partial charge in [-0.05, 0) is 55.3 Å². The number of allylic oxidation sites excluding steroid dienone is 1. The van der Waals surface area contributed by atoms with E-state index in [0.717, 1.165) is 35.7 Å². The first kappa shape index (κ1) is 18.6. The van der Waals surface area contributed by atoms with Gasteiger partial charge in [0, 0.05) is 15.6 Å². The van der Waals surface area contributed by atoms with Gasteiger partial charge < -0.3 is 4.74 Å². The molecular weight excluding hydrogens is 392 g/mol. The van der Waals surface area contributed by atoms with Crippen LogP contribution in [0.3, 0.4) is 0 Å². The van der Waals surface area contributed by atoms with Crippen molar-refractivity contribution >= 4 is 33.8 Å². The molecule has 0 amide bonds. The summed E-state index contributed by atoms with van der Waals surface area (Å²) in [7, 11) is 0. The first-order valence-corrected chi connectivity index (χ1v) is 9.71. The van der Waals surface area contributed by atoms with Crippen molar-refractivity contribution in [3.05, 3.63) is 70.2 Å². The first-order chi connectivity index (χ1) is 12.6. The number of ether oxygens (including phenoxy) is 1. The Morgan fingerprint density at radius 3 is 2.38 bits per heavy atom. The van der Waals surface area contributed by atoms with E-state index in [1.807, 2.05) is 30.3 Å². The van der Waals surface area contributed by atoms with Gasteiger partial charge in [-0.25, -0.2) is 0 Å². The Morgan fingerprint density at radius 2 is 1.65 bits per heavy atom. The number of esters is 1. The van der Waals surface area contributed by atoms with Gasteiger partial charge in [0.05, 0.1) is 5.92 Å². The first-order valence-electron chi connectivity index (χ1n) is 8.92. The molecule has 0 saturated heterocycles. The summed E-state index contributed by atoms with van der Waals surface area (Å²) in [4.78, 5) is 24.7. The SMILES string of the molecule is O=C(/C=C/c1ccccc1OC(=O)C1CCCCC1)c1ccc(Br)cc1. The van der Waals surface area contributed by atoms with E-state index in [1.54, 1.807) is 24.3 Å². The van der Waals surface area contributed by atoms with Gasteiger partial charge in [0.15, 0.2) is 5.78 Å². The molecule has 2 aromatic carbocycles. The molecule has 3 nitrogen and oxygen atoms in total. The van der Waals surface area contributed by atoms with Crippen LogP contribution in [0.1, 0.15) is 48.0 Å². The van der Waals surface area contributed by atoms with Crippen LogP contribution in [-0.2, 0) is 4.79 Å². The van der Waals surface area contributed by atoms with Gasteiger partial charge in [-0.1, -0.05) is 53.4 Å². The van der Waals surface area contributed by atoms with Gasteiger partial charge in [-0.3, -0.25) is 9.59 Å². The average molecular weight is 413 g/mol. The molecule has 1 saturated carbocycles. The summed E-state index contributed by atoms with van der Waals surface area (Å²) in [6.07, 6.45) is 8.38. The van der Waals surface area contributed by atoms with Crippen LogP contribution in [0.15, 0.2) is 59.1 Å². The highest BCUT2D eigenvalue weighted by molar-refractivity contribution is 9.10. The maximum Gasteiger partial charge on any atom is 0.314 e. The Labute approximate surface area is 162 Å². The molecule has 0 atom stereocenters. The molecule has 0 unspecified atom stereocenters. The average Bonchev–Trinajstić information content (AvgIpc) is 2.68. The summed E-state index contributed by atoms with van der Waals surface area (Å²) in [5.74, 6) is 0.240. The summed E-state index contributed by atoms with van der Waals surface area (Å²) in [5, 5.41) is 0. The number of para-hydroxylation sites is 1. The van der Waals surface area contributed by atoms with Gasteiger partial charge in [-0.2, -0.15) is 0 Å². The summed E-state index contributed by atoms with van der Waals surface area (Å²) < 4.78 is 6.56. The van der Waals surface area contributed by atoms with E-state index in [-0.39, 0.29) is 17.7 Å². The Balaban J connectivity index is 1.71. The lowest BCUT2D eigenvalue weighted by molar-refractivity contribution is -0.140. The Kier molecular flexibility index (Phi) is 6.40. The molecule has 26 heavy (non-hydrogen) atoms. The van der Waals surface area contributed by atoms with E-state index in [9.17, 15) is 9.59 Å². The molecule has 0 bridgehead atoms. The fourth-order valence-electron chi connectivity index (χ4n) is 3.12. The zero-order valence-corrected chi connectivity index (χ0v) is 16.1. The van der Waals surface area contributed by atoms with E-state index in [2.05, 4.69) is 15.9 Å². The van der Waals surface area contributed by atoms with Gasteiger partial charge in [-0.15, -0.1) is 0 Å². The van der Waals surface area contributed by atoms with Crippen LogP contribution in [0.4, 0.5) is 0 Å². The standard InChI is InChI=1S/C22H21BrO3/c23-19-13-10-16(11-14-19)20(24)15-12-17-6-4-5-9-21(17)26-22(25)18-7-2-1-3-8-18/h4-6,9-15,18H,1-3,7-8H2/b15-12+. The number of hydrogen-bond donors (Lipinski definition) is 0. The molecule has 0 N–H and O–H groups in total. The maximum absolute atomic E-state index is 12.4. The summed E-state index contributed by atoms with van der Waals surface area (Å²) in [6.45, 7) is 0. The third-order valence-corrected chi connectivity index (χ3v) is 5.14. The van der Waals surface area contributed by atoms with E-state index in [4.69, 9.17) is 4.74 Å². The number of rotatable bonds is 5. The van der Waals surface area contributed by atoms with E-state index >= 15 is 0 Å². The van der Waals surface area contributed by atoms with Crippen molar-refractivity contribution in [1.29, 1.82) is 0 Å². The van der Waals surface area contributed by atoms with E-state index in [1.165, 1.54) is 12.5 Å². The molecule has 0 aromatic heterocycles. The smallest absolute Gasteiger partial charge is 0.314 e. The van der Waals surface area contributed by atoms with Gasteiger partial charge in [0.1, 0.15) is 5.75 Å². The fourth-order valence-corrected chi connectivity index (χ4v) is 3.38. The summed E-state index contributed by atoms with van der Waals surface area (Å²) in [5.41, 5.74) is 1.34. The lowest BCUT2D eigenvalue weighted by Gasteiger charge is -2.20. The monoisotopic (exact) mass is 412 g/mol. The normalized spacial score (nSPS) is 15.1. The van der Waals surface area contributed by atoms with Crippen molar-refractivity contribution in [3.8, 4) is 5.75 Å². The molecule has 0 spiro atoms. The zero-order chi connectivity index (χ0) is 18.4. The maximum atomic E-state index is 12.4. The molecule has 1 aliphatic rings. The Bertz CT molecular complexity index is 802. The minimum Gasteiger partial charge on any atom is -0.426 e. The topological polar surface area (TPSA) is 43.4 Å². The van der Waals surface area contributed by atoms with Crippen molar-refractivity contribution in [1.82, 2.24) is 0 Å². The van der Waals surface area contributed by atoms with Crippen LogP contribution in [0.5, 0.6) is 5.75 Å². The van der Waals surface area contributed by atoms with Crippen LogP contribution in [-0.4, -0.2) is 11.8 Å². The van der Waals surface area contributed by atoms with Crippen molar-refractivity contribution in [2.75, 3.05) is 0 Å². The number of benzene rings is 2. The van der Waals surface area contributed by atoms with Crippen LogP contribution in [0, 0.1) is 5.92 Å². The van der Waals surface area contributed by atoms with Crippen molar-refractivity contribution < 1.29 is 14.3 Å². The molecule has 3 rings (SSSR count). The second-order valence-electron chi connectivity index (χ2n) is 6.50. The van der Waals surface area contributed by atoms with Gasteiger partial charge in [0.2, 0.25) is 0 Å². The van der Waals surface area contributed by atoms with Crippen molar-refractivity contribution in [3.63, 3.8) is 0 Å². The van der Waals surface area contributed by atoms with Crippen molar-refractivity contribution in [2.24, 2.45) is 5.92 Å². The molecule has 1 fully saturated rings. The second kappa shape index (κ2) is 8.95. The van der Waals surface area contributed by atoms with Gasteiger partial charge in [0.25, 0.3) is 0 Å². The molecule has 0 aliphatic heterocycles. The summed E-state index contributed by atoms with van der Waals surface area (Å²) >= 11 is 3.36. The number of ketones is 1. The highest BCUT2D eigenvalue weighted by Crippen LogP contribution is 2.27. The zero-order valence-electron chi connectivity index (χ0n) is 14.5. The van der Waals surface area contributed by atoms with Crippen LogP contribution < -0.4 is 4.74 Å². The number of halogens is 1. The minimum atomic E-state index is -0.162. The highest BCUT2D eigenvalue weighted by atomic mass is 79.9. The van der Waals surface area contributed by atoms with Crippen LogP contribution in [0.2, 0.25) is 0 Å². The number of carbonyl (C=O) groups excluding carboxylic acids is 2. The van der Waals surface area contributed by atoms with E-state index in [0.29, 0.717) is 11.3 Å². The fraction of sp³-hybridized carbons (Fsp3) is 0.273. The lowest BCUT2D eigenvalue weighted by atomic mass is 9.89. The van der Waals surface area contributed by atoms with Crippen molar-refractivity contribution in [2.45, 2.75) is 32.1 Å². The molecule has 4 heteroatoms. The van der Waals surface area contributed by atoms with Gasteiger partial charge >= 0.3 is 5.97 Å². The predicted octanol–water partition coefficient (Wildman–Crippen LogP) is 5.83. The van der Waals surface area contributed by atoms with Crippen LogP contribution in [0.25, 0.3) is 6.08 Å². The third kappa shape index (κ3) is 4.92. The van der Waals surface area contributed by atoms with Crippen LogP contribution >= 0.6 is 15.9 Å². The minimum absolute atomic E-state index is 0.00909. The Morgan fingerprint density at radius 1 is 0.962 bits per heavy atom. The summed E-state index contributed by atoms with van der Waals surface area (Å²) in [6, 6.07) is 14.5. The quantitative estimate of drug-likeness (QED) is 0.268. The third-order valence-electron chi connectivity index (χ3n) is 4.61. The Hall–Kier alpha value is -2.20. The highest BCUT2D eigenvalue weighted by Gasteiger charge is 2.23.